The number of rotatable bonds is 3. The number of sulfonamides is 1. The van der Waals surface area contributed by atoms with E-state index >= 15 is 0 Å². The Labute approximate surface area is 107 Å². The van der Waals surface area contributed by atoms with E-state index in [0.717, 1.165) is 32.0 Å². The number of nitrogens with zero attached hydrogens (tertiary/aromatic N) is 1. The van der Waals surface area contributed by atoms with E-state index in [4.69, 9.17) is 0 Å². The molecule has 0 unspecified atom stereocenters. The van der Waals surface area contributed by atoms with Gasteiger partial charge in [0.25, 0.3) is 0 Å². The lowest BCUT2D eigenvalue weighted by Crippen LogP contribution is -2.43. The summed E-state index contributed by atoms with van der Waals surface area (Å²) in [5.41, 5.74) is 0. The highest BCUT2D eigenvalue weighted by molar-refractivity contribution is 7.89. The highest BCUT2D eigenvalue weighted by Crippen LogP contribution is 2.14. The number of hydrogen-bond acceptors (Lipinski definition) is 3. The summed E-state index contributed by atoms with van der Waals surface area (Å²) in [6, 6.07) is 5.01. The van der Waals surface area contributed by atoms with Crippen molar-refractivity contribution < 1.29 is 12.8 Å². The van der Waals surface area contributed by atoms with Crippen LogP contribution < -0.4 is 4.72 Å². The molecule has 1 fully saturated rings. The topological polar surface area (TPSA) is 49.4 Å². The number of hydrogen-bond donors (Lipinski definition) is 1. The fourth-order valence-electron chi connectivity index (χ4n) is 2.05. The van der Waals surface area contributed by atoms with Gasteiger partial charge in [-0.25, -0.2) is 17.5 Å². The van der Waals surface area contributed by atoms with Gasteiger partial charge in [-0.1, -0.05) is 6.07 Å². The fourth-order valence-corrected chi connectivity index (χ4v) is 3.38. The van der Waals surface area contributed by atoms with Gasteiger partial charge in [0.1, 0.15) is 5.82 Å². The number of piperidine rings is 1. The molecule has 18 heavy (non-hydrogen) atoms. The molecule has 0 aromatic heterocycles. The number of likely N-dealkylation sites (tertiary alicyclic amines) is 1. The van der Waals surface area contributed by atoms with Crippen molar-refractivity contribution in [2.24, 2.45) is 0 Å². The summed E-state index contributed by atoms with van der Waals surface area (Å²) in [5.74, 6) is -0.541. The van der Waals surface area contributed by atoms with Gasteiger partial charge in [-0.3, -0.25) is 0 Å². The summed E-state index contributed by atoms with van der Waals surface area (Å²) in [4.78, 5) is 2.15. The van der Waals surface area contributed by atoms with E-state index < -0.39 is 15.8 Å². The summed E-state index contributed by atoms with van der Waals surface area (Å²) in [5, 5.41) is 0. The lowest BCUT2D eigenvalue weighted by molar-refractivity contribution is 0.248. The second-order valence-corrected chi connectivity index (χ2v) is 6.37. The van der Waals surface area contributed by atoms with Crippen molar-refractivity contribution in [2.75, 3.05) is 20.1 Å². The van der Waals surface area contributed by atoms with Crippen LogP contribution in [-0.4, -0.2) is 39.5 Å². The molecule has 1 aromatic rings. The summed E-state index contributed by atoms with van der Waals surface area (Å²) >= 11 is 0. The van der Waals surface area contributed by atoms with E-state index in [1.165, 1.54) is 18.2 Å². The zero-order valence-corrected chi connectivity index (χ0v) is 11.1. The van der Waals surface area contributed by atoms with Gasteiger partial charge in [-0.05, 0) is 51.2 Å². The van der Waals surface area contributed by atoms with Gasteiger partial charge in [0, 0.05) is 6.04 Å². The molecule has 6 heteroatoms. The van der Waals surface area contributed by atoms with Crippen molar-refractivity contribution in [3.8, 4) is 0 Å². The molecule has 0 saturated carbocycles. The van der Waals surface area contributed by atoms with Crippen molar-refractivity contribution in [2.45, 2.75) is 23.8 Å². The average Bonchev–Trinajstić information content (AvgIpc) is 2.32. The Hall–Kier alpha value is -0.980. The third-order valence-electron chi connectivity index (χ3n) is 3.15. The molecule has 0 amide bonds. The maximum absolute atomic E-state index is 13.0. The number of halogens is 1. The van der Waals surface area contributed by atoms with Crippen LogP contribution in [0.4, 0.5) is 4.39 Å². The fraction of sp³-hybridized carbons (Fsp3) is 0.500. The lowest BCUT2D eigenvalue weighted by Gasteiger charge is -2.29. The molecule has 1 aliphatic heterocycles. The third kappa shape index (κ3) is 3.28. The summed E-state index contributed by atoms with van der Waals surface area (Å²) in [6.45, 7) is 1.74. The van der Waals surface area contributed by atoms with E-state index in [0.29, 0.717) is 0 Å². The predicted octanol–water partition coefficient (Wildman–Crippen LogP) is 1.20. The number of nitrogens with one attached hydrogen (secondary N) is 1. The molecule has 1 N–H and O–H groups in total. The smallest absolute Gasteiger partial charge is 0.240 e. The first-order chi connectivity index (χ1) is 8.47. The van der Waals surface area contributed by atoms with Crippen molar-refractivity contribution in [3.63, 3.8) is 0 Å². The minimum Gasteiger partial charge on any atom is -0.306 e. The van der Waals surface area contributed by atoms with Crippen LogP contribution in [0, 0.1) is 5.82 Å². The Bertz CT molecular complexity index is 511. The Balaban J connectivity index is 2.08. The Morgan fingerprint density at radius 2 is 2.00 bits per heavy atom. The van der Waals surface area contributed by atoms with Gasteiger partial charge in [-0.15, -0.1) is 0 Å². The molecule has 4 nitrogen and oxygen atoms in total. The SMILES string of the molecule is CN1CCC(NS(=O)(=O)c2cccc(F)c2)CC1. The van der Waals surface area contributed by atoms with E-state index in [1.807, 2.05) is 7.05 Å². The van der Waals surface area contributed by atoms with Crippen LogP contribution in [0.2, 0.25) is 0 Å². The van der Waals surface area contributed by atoms with Gasteiger partial charge in [-0.2, -0.15) is 0 Å². The highest BCUT2D eigenvalue weighted by Gasteiger charge is 2.23. The van der Waals surface area contributed by atoms with Crippen LogP contribution in [0.5, 0.6) is 0 Å². The second kappa shape index (κ2) is 5.34. The van der Waals surface area contributed by atoms with Gasteiger partial charge in [0.05, 0.1) is 4.90 Å². The van der Waals surface area contributed by atoms with E-state index in [2.05, 4.69) is 9.62 Å². The quantitative estimate of drug-likeness (QED) is 0.899. The minimum absolute atomic E-state index is 0.0126. The Kier molecular flexibility index (Phi) is 3.99. The molecular weight excluding hydrogens is 255 g/mol. The average molecular weight is 272 g/mol. The van der Waals surface area contributed by atoms with Gasteiger partial charge in [0.2, 0.25) is 10.0 Å². The standard InChI is InChI=1S/C12H17FN2O2S/c1-15-7-5-11(6-8-15)14-18(16,17)12-4-2-3-10(13)9-12/h2-4,9,11,14H,5-8H2,1H3. The zero-order valence-electron chi connectivity index (χ0n) is 10.3. The maximum atomic E-state index is 13.0. The molecule has 0 radical (unpaired) electrons. The molecule has 100 valence electrons. The van der Waals surface area contributed by atoms with Crippen LogP contribution >= 0.6 is 0 Å². The van der Waals surface area contributed by atoms with E-state index in [9.17, 15) is 12.8 Å². The second-order valence-electron chi connectivity index (χ2n) is 4.66. The maximum Gasteiger partial charge on any atom is 0.240 e. The number of benzene rings is 1. The first-order valence-corrected chi connectivity index (χ1v) is 7.42. The highest BCUT2D eigenvalue weighted by atomic mass is 32.2. The Morgan fingerprint density at radius 3 is 2.61 bits per heavy atom. The van der Waals surface area contributed by atoms with Gasteiger partial charge in [0.15, 0.2) is 0 Å². The zero-order chi connectivity index (χ0) is 13.2. The minimum atomic E-state index is -3.61. The van der Waals surface area contributed by atoms with Crippen LogP contribution in [0.25, 0.3) is 0 Å². The summed E-state index contributed by atoms with van der Waals surface area (Å²) < 4.78 is 39.8. The third-order valence-corrected chi connectivity index (χ3v) is 4.66. The Morgan fingerprint density at radius 1 is 1.33 bits per heavy atom. The van der Waals surface area contributed by atoms with Crippen molar-refractivity contribution in [1.82, 2.24) is 9.62 Å². The first-order valence-electron chi connectivity index (χ1n) is 5.94. The molecule has 0 atom stereocenters. The van der Waals surface area contributed by atoms with Crippen LogP contribution in [0.3, 0.4) is 0 Å². The van der Waals surface area contributed by atoms with Crippen molar-refractivity contribution in [1.29, 1.82) is 0 Å². The van der Waals surface area contributed by atoms with Gasteiger partial charge >= 0.3 is 0 Å². The first kappa shape index (κ1) is 13.5. The normalized spacial score (nSPS) is 19.0. The summed E-state index contributed by atoms with van der Waals surface area (Å²) in [7, 11) is -1.60. The predicted molar refractivity (Wildman–Crippen MR) is 67.2 cm³/mol. The molecule has 0 aliphatic carbocycles. The molecule has 1 aromatic carbocycles. The molecule has 1 saturated heterocycles. The molecule has 1 aliphatic rings. The van der Waals surface area contributed by atoms with Crippen LogP contribution in [0.15, 0.2) is 29.2 Å². The van der Waals surface area contributed by atoms with Crippen LogP contribution in [0.1, 0.15) is 12.8 Å². The monoisotopic (exact) mass is 272 g/mol. The van der Waals surface area contributed by atoms with E-state index in [1.54, 1.807) is 0 Å². The van der Waals surface area contributed by atoms with Crippen molar-refractivity contribution >= 4 is 10.0 Å². The molecule has 0 spiro atoms. The van der Waals surface area contributed by atoms with Crippen LogP contribution in [-0.2, 0) is 10.0 Å². The van der Waals surface area contributed by atoms with Gasteiger partial charge < -0.3 is 4.90 Å². The lowest BCUT2D eigenvalue weighted by atomic mass is 10.1. The summed E-state index contributed by atoms with van der Waals surface area (Å²) in [6.07, 6.45) is 1.57. The largest absolute Gasteiger partial charge is 0.306 e. The molecule has 0 bridgehead atoms. The molecule has 2 rings (SSSR count). The molecule has 1 heterocycles. The van der Waals surface area contributed by atoms with Crippen molar-refractivity contribution in [3.05, 3.63) is 30.1 Å². The van der Waals surface area contributed by atoms with E-state index in [-0.39, 0.29) is 10.9 Å². The molecular formula is C12H17FN2O2S.